The number of aliphatic imine (C=N–C) groups is 1. The minimum Gasteiger partial charge on any atom is -0.381 e. The number of methoxy groups -OCH3 is 1. The van der Waals surface area contributed by atoms with Crippen molar-refractivity contribution in [3.05, 3.63) is 53.9 Å². The summed E-state index contributed by atoms with van der Waals surface area (Å²) in [5.41, 5.74) is 8.21. The molecule has 0 radical (unpaired) electrons. The maximum Gasteiger partial charge on any atom is 0.225 e. The van der Waals surface area contributed by atoms with Crippen LogP contribution in [-0.2, 0) is 21.5 Å². The van der Waals surface area contributed by atoms with Gasteiger partial charge in [-0.2, -0.15) is 0 Å². The number of guanidine groups is 1. The lowest BCUT2D eigenvalue weighted by Gasteiger charge is -2.38. The van der Waals surface area contributed by atoms with E-state index in [9.17, 15) is 0 Å². The van der Waals surface area contributed by atoms with Crippen LogP contribution < -0.4 is 10.6 Å². The minimum absolute atomic E-state index is 0. The largest absolute Gasteiger partial charge is 0.381 e. The van der Waals surface area contributed by atoms with Gasteiger partial charge in [0.05, 0.1) is 19.8 Å². The van der Waals surface area contributed by atoms with Gasteiger partial charge in [0.25, 0.3) is 0 Å². The lowest BCUT2D eigenvalue weighted by atomic mass is 9.86. The Labute approximate surface area is 194 Å². The first kappa shape index (κ1) is 22.7. The van der Waals surface area contributed by atoms with E-state index < -0.39 is 5.60 Å². The van der Waals surface area contributed by atoms with Crippen LogP contribution in [-0.4, -0.2) is 73.9 Å². The number of hydrogen-bond donors (Lipinski definition) is 1. The van der Waals surface area contributed by atoms with Crippen LogP contribution in [0.1, 0.15) is 11.1 Å². The second-order valence-corrected chi connectivity index (χ2v) is 7.38. The standard InChI is InChI=1S/C21H28N6O2.HI/c1-28-16-21(18-6-3-2-5-17(18)7-14-29-21)15-25-19(22)26-10-12-27(13-11-26)20-23-8-4-9-24-20;/h2-6,8-9H,7,10-16H2,1H3,(H2,22,25);1H. The van der Waals surface area contributed by atoms with E-state index in [4.69, 9.17) is 20.2 Å². The zero-order chi connectivity index (χ0) is 20.1. The van der Waals surface area contributed by atoms with E-state index in [1.165, 1.54) is 5.56 Å². The quantitative estimate of drug-likeness (QED) is 0.362. The number of fused-ring (bicyclic) bond motifs is 1. The molecule has 162 valence electrons. The Kier molecular flexibility index (Phi) is 7.84. The van der Waals surface area contributed by atoms with Gasteiger partial charge in [-0.25, -0.2) is 15.0 Å². The van der Waals surface area contributed by atoms with E-state index in [2.05, 4.69) is 38.0 Å². The SMILES string of the molecule is COCC1(CN=C(N)N2CCN(c3ncccn3)CC2)OCCc2ccccc21.I. The number of nitrogens with two attached hydrogens (primary N) is 1. The average Bonchev–Trinajstić information content (AvgIpc) is 2.79. The van der Waals surface area contributed by atoms with Gasteiger partial charge in [0, 0.05) is 45.7 Å². The number of aromatic nitrogens is 2. The number of hydrogen-bond acceptors (Lipinski definition) is 6. The average molecular weight is 524 g/mol. The van der Waals surface area contributed by atoms with Gasteiger partial charge in [-0.3, -0.25) is 0 Å². The highest BCUT2D eigenvalue weighted by atomic mass is 127. The van der Waals surface area contributed by atoms with Crippen LogP contribution >= 0.6 is 24.0 Å². The van der Waals surface area contributed by atoms with Gasteiger partial charge in [-0.1, -0.05) is 24.3 Å². The highest BCUT2D eigenvalue weighted by Gasteiger charge is 2.38. The summed E-state index contributed by atoms with van der Waals surface area (Å²) in [7, 11) is 1.69. The molecular weight excluding hydrogens is 495 g/mol. The zero-order valence-electron chi connectivity index (χ0n) is 17.2. The van der Waals surface area contributed by atoms with Crippen molar-refractivity contribution >= 4 is 35.9 Å². The number of rotatable bonds is 5. The highest BCUT2D eigenvalue weighted by molar-refractivity contribution is 14.0. The first-order chi connectivity index (χ1) is 14.2. The van der Waals surface area contributed by atoms with Gasteiger partial charge in [-0.05, 0) is 23.6 Å². The summed E-state index contributed by atoms with van der Waals surface area (Å²) >= 11 is 0. The summed E-state index contributed by atoms with van der Waals surface area (Å²) in [4.78, 5) is 17.6. The molecule has 2 aliphatic heterocycles. The van der Waals surface area contributed by atoms with Crippen LogP contribution in [0.15, 0.2) is 47.7 Å². The van der Waals surface area contributed by atoms with Crippen molar-refractivity contribution in [2.45, 2.75) is 12.0 Å². The molecule has 1 atom stereocenters. The molecule has 1 fully saturated rings. The third kappa shape index (κ3) is 4.84. The molecule has 0 saturated carbocycles. The molecule has 0 bridgehead atoms. The van der Waals surface area contributed by atoms with E-state index in [1.807, 2.05) is 12.1 Å². The number of anilines is 1. The summed E-state index contributed by atoms with van der Waals surface area (Å²) < 4.78 is 11.7. The molecule has 2 N–H and O–H groups in total. The highest BCUT2D eigenvalue weighted by Crippen LogP contribution is 2.34. The molecule has 9 heteroatoms. The van der Waals surface area contributed by atoms with E-state index >= 15 is 0 Å². The third-order valence-corrected chi connectivity index (χ3v) is 5.57. The summed E-state index contributed by atoms with van der Waals surface area (Å²) in [5, 5.41) is 0. The summed E-state index contributed by atoms with van der Waals surface area (Å²) in [6, 6.07) is 10.2. The Balaban J connectivity index is 0.00000256. The molecule has 1 aromatic heterocycles. The normalized spacial score (nSPS) is 21.7. The fraction of sp³-hybridized carbons (Fsp3) is 0.476. The smallest absolute Gasteiger partial charge is 0.225 e. The van der Waals surface area contributed by atoms with E-state index in [1.54, 1.807) is 19.5 Å². The number of ether oxygens (including phenoxy) is 2. The Morgan fingerprint density at radius 1 is 1.17 bits per heavy atom. The summed E-state index contributed by atoms with van der Waals surface area (Å²) in [6.45, 7) is 4.72. The number of benzene rings is 1. The van der Waals surface area contributed by atoms with E-state index in [0.29, 0.717) is 25.7 Å². The predicted molar refractivity (Wildman–Crippen MR) is 127 cm³/mol. The van der Waals surface area contributed by atoms with E-state index in [-0.39, 0.29) is 24.0 Å². The second kappa shape index (κ2) is 10.4. The molecule has 2 aromatic rings. The van der Waals surface area contributed by atoms with Gasteiger partial charge >= 0.3 is 0 Å². The molecule has 0 aliphatic carbocycles. The third-order valence-electron chi connectivity index (χ3n) is 5.57. The molecule has 0 spiro atoms. The molecule has 1 aromatic carbocycles. The number of piperazine rings is 1. The molecule has 2 aliphatic rings. The second-order valence-electron chi connectivity index (χ2n) is 7.38. The van der Waals surface area contributed by atoms with E-state index in [0.717, 1.165) is 44.1 Å². The molecule has 4 rings (SSSR count). The lowest BCUT2D eigenvalue weighted by Crippen LogP contribution is -2.52. The fourth-order valence-electron chi connectivity index (χ4n) is 4.04. The van der Waals surface area contributed by atoms with Gasteiger partial charge in [0.15, 0.2) is 5.96 Å². The van der Waals surface area contributed by atoms with Crippen LogP contribution in [0.25, 0.3) is 0 Å². The predicted octanol–water partition coefficient (Wildman–Crippen LogP) is 1.65. The van der Waals surface area contributed by atoms with Crippen molar-refractivity contribution in [2.75, 3.05) is 57.9 Å². The summed E-state index contributed by atoms with van der Waals surface area (Å²) in [6.07, 6.45) is 4.44. The first-order valence-electron chi connectivity index (χ1n) is 10.00. The lowest BCUT2D eigenvalue weighted by molar-refractivity contribution is -0.0960. The maximum atomic E-state index is 6.35. The molecule has 1 unspecified atom stereocenters. The Hall–Kier alpha value is -1.98. The Bertz CT molecular complexity index is 844. The maximum absolute atomic E-state index is 6.35. The molecule has 8 nitrogen and oxygen atoms in total. The van der Waals surface area contributed by atoms with Crippen molar-refractivity contribution < 1.29 is 9.47 Å². The Morgan fingerprint density at radius 3 is 2.63 bits per heavy atom. The first-order valence-corrected chi connectivity index (χ1v) is 10.00. The monoisotopic (exact) mass is 524 g/mol. The zero-order valence-corrected chi connectivity index (χ0v) is 19.6. The Morgan fingerprint density at radius 2 is 1.90 bits per heavy atom. The molecule has 30 heavy (non-hydrogen) atoms. The van der Waals surface area contributed by atoms with Crippen LogP contribution in [0.5, 0.6) is 0 Å². The van der Waals surface area contributed by atoms with Crippen molar-refractivity contribution in [1.82, 2.24) is 14.9 Å². The topological polar surface area (TPSA) is 89.1 Å². The van der Waals surface area contributed by atoms with Crippen LogP contribution in [0, 0.1) is 0 Å². The van der Waals surface area contributed by atoms with Crippen molar-refractivity contribution in [1.29, 1.82) is 0 Å². The van der Waals surface area contributed by atoms with Crippen molar-refractivity contribution in [2.24, 2.45) is 10.7 Å². The fourth-order valence-corrected chi connectivity index (χ4v) is 4.04. The van der Waals surface area contributed by atoms with Crippen LogP contribution in [0.4, 0.5) is 5.95 Å². The molecule has 3 heterocycles. The van der Waals surface area contributed by atoms with Crippen molar-refractivity contribution in [3.8, 4) is 0 Å². The van der Waals surface area contributed by atoms with Gasteiger partial charge in [0.2, 0.25) is 5.95 Å². The molecular formula is C21H29IN6O2. The van der Waals surface area contributed by atoms with Gasteiger partial charge in [-0.15, -0.1) is 24.0 Å². The van der Waals surface area contributed by atoms with Gasteiger partial charge in [0.1, 0.15) is 5.60 Å². The van der Waals surface area contributed by atoms with Crippen LogP contribution in [0.2, 0.25) is 0 Å². The van der Waals surface area contributed by atoms with Crippen LogP contribution in [0.3, 0.4) is 0 Å². The number of halogens is 1. The molecule has 1 saturated heterocycles. The molecule has 0 amide bonds. The van der Waals surface area contributed by atoms with Crippen molar-refractivity contribution in [3.63, 3.8) is 0 Å². The summed E-state index contributed by atoms with van der Waals surface area (Å²) in [5.74, 6) is 1.30. The number of nitrogens with zero attached hydrogens (tertiary/aromatic N) is 5. The minimum atomic E-state index is -0.589. The van der Waals surface area contributed by atoms with Gasteiger partial charge < -0.3 is 25.0 Å².